The Morgan fingerprint density at radius 1 is 1.24 bits per heavy atom. The third kappa shape index (κ3) is 4.91. The molecule has 25 heavy (non-hydrogen) atoms. The van der Waals surface area contributed by atoms with Gasteiger partial charge in [0.05, 0.1) is 11.2 Å². The molecular formula is C17H22N2O5S. The van der Waals surface area contributed by atoms with Crippen molar-refractivity contribution in [3.8, 4) is 0 Å². The van der Waals surface area contributed by atoms with Crippen molar-refractivity contribution in [2.75, 3.05) is 11.9 Å². The fourth-order valence-electron chi connectivity index (χ4n) is 2.00. The minimum Gasteiger partial charge on any atom is -0.466 e. The average Bonchev–Trinajstić information content (AvgIpc) is 3.09. The molecule has 0 aliphatic rings. The third-order valence-electron chi connectivity index (χ3n) is 3.61. The normalized spacial score (nSPS) is 14.3. The summed E-state index contributed by atoms with van der Waals surface area (Å²) in [5.41, 5.74) is -0.956. The van der Waals surface area contributed by atoms with E-state index in [4.69, 9.17) is 4.42 Å². The predicted molar refractivity (Wildman–Crippen MR) is 93.4 cm³/mol. The quantitative estimate of drug-likeness (QED) is 0.695. The van der Waals surface area contributed by atoms with Gasteiger partial charge in [-0.3, -0.25) is 4.79 Å². The molecule has 0 radical (unpaired) electrons. The second kappa shape index (κ2) is 7.38. The Balaban J connectivity index is 2.05. The van der Waals surface area contributed by atoms with E-state index in [9.17, 15) is 18.3 Å². The number of sulfonamides is 1. The highest BCUT2D eigenvalue weighted by atomic mass is 32.2. The van der Waals surface area contributed by atoms with Gasteiger partial charge in [0.1, 0.15) is 11.4 Å². The van der Waals surface area contributed by atoms with E-state index < -0.39 is 15.6 Å². The molecule has 0 spiro atoms. The summed E-state index contributed by atoms with van der Waals surface area (Å²) in [4.78, 5) is 11.7. The Labute approximate surface area is 147 Å². The molecule has 0 fully saturated rings. The summed E-state index contributed by atoms with van der Waals surface area (Å²) in [7, 11) is -3.81. The number of carbonyl (C=O) groups is 1. The zero-order valence-corrected chi connectivity index (χ0v) is 15.1. The Morgan fingerprint density at radius 2 is 1.88 bits per heavy atom. The molecule has 7 nitrogen and oxygen atoms in total. The van der Waals surface area contributed by atoms with Gasteiger partial charge in [-0.05, 0) is 43.3 Å². The van der Waals surface area contributed by atoms with Gasteiger partial charge in [-0.2, -0.15) is 0 Å². The number of amides is 1. The van der Waals surface area contributed by atoms with Crippen LogP contribution < -0.4 is 10.0 Å². The average molecular weight is 366 g/mol. The van der Waals surface area contributed by atoms with E-state index in [0.29, 0.717) is 5.69 Å². The highest BCUT2D eigenvalue weighted by Crippen LogP contribution is 2.21. The van der Waals surface area contributed by atoms with Crippen LogP contribution in [0.3, 0.4) is 0 Å². The van der Waals surface area contributed by atoms with E-state index >= 15 is 0 Å². The molecule has 2 aromatic rings. The molecule has 136 valence electrons. The largest absolute Gasteiger partial charge is 0.466 e. The lowest BCUT2D eigenvalue weighted by Crippen LogP contribution is -2.38. The maximum atomic E-state index is 12.3. The highest BCUT2D eigenvalue weighted by molar-refractivity contribution is 7.89. The Kier molecular flexibility index (Phi) is 5.66. The van der Waals surface area contributed by atoms with Gasteiger partial charge in [-0.15, -0.1) is 0 Å². The van der Waals surface area contributed by atoms with E-state index in [-0.39, 0.29) is 29.0 Å². The predicted octanol–water partition coefficient (Wildman–Crippen LogP) is 2.06. The maximum absolute atomic E-state index is 12.3. The first kappa shape index (κ1) is 19.2. The first-order valence-electron chi connectivity index (χ1n) is 7.79. The van der Waals surface area contributed by atoms with Crippen molar-refractivity contribution in [3.63, 3.8) is 0 Å². The SMILES string of the molecule is CC(C)C(=O)Nc1ccc(S(=O)(=O)NCC(C)(O)c2ccco2)cc1. The summed E-state index contributed by atoms with van der Waals surface area (Å²) in [6.07, 6.45) is 1.41. The number of furan rings is 1. The van der Waals surface area contributed by atoms with Gasteiger partial charge in [0.2, 0.25) is 15.9 Å². The van der Waals surface area contributed by atoms with Crippen molar-refractivity contribution in [1.82, 2.24) is 4.72 Å². The van der Waals surface area contributed by atoms with Gasteiger partial charge >= 0.3 is 0 Å². The topological polar surface area (TPSA) is 109 Å². The van der Waals surface area contributed by atoms with Gasteiger partial charge < -0.3 is 14.8 Å². The van der Waals surface area contributed by atoms with Gasteiger partial charge in [-0.25, -0.2) is 13.1 Å². The van der Waals surface area contributed by atoms with Gasteiger partial charge in [0, 0.05) is 18.2 Å². The van der Waals surface area contributed by atoms with E-state index in [0.717, 1.165) is 0 Å². The smallest absolute Gasteiger partial charge is 0.240 e. The Bertz CT molecular complexity index is 809. The molecule has 0 saturated heterocycles. The molecule has 1 unspecified atom stereocenters. The van der Waals surface area contributed by atoms with Crippen molar-refractivity contribution in [2.45, 2.75) is 31.3 Å². The number of nitrogens with one attached hydrogen (secondary N) is 2. The van der Waals surface area contributed by atoms with Crippen LogP contribution in [0.1, 0.15) is 26.5 Å². The number of hydrogen-bond acceptors (Lipinski definition) is 5. The molecule has 3 N–H and O–H groups in total. The lowest BCUT2D eigenvalue weighted by molar-refractivity contribution is -0.118. The van der Waals surface area contributed by atoms with Crippen molar-refractivity contribution in [2.24, 2.45) is 5.92 Å². The number of rotatable bonds is 7. The zero-order chi connectivity index (χ0) is 18.7. The summed E-state index contributed by atoms with van der Waals surface area (Å²) in [5.74, 6) is -0.0564. The minimum atomic E-state index is -3.81. The third-order valence-corrected chi connectivity index (χ3v) is 5.03. The second-order valence-corrected chi connectivity index (χ2v) is 8.01. The molecular weight excluding hydrogens is 344 g/mol. The number of anilines is 1. The first-order chi connectivity index (χ1) is 11.6. The van der Waals surface area contributed by atoms with Crippen LogP contribution in [0.15, 0.2) is 52.0 Å². The van der Waals surface area contributed by atoms with Crippen molar-refractivity contribution in [3.05, 3.63) is 48.4 Å². The summed E-state index contributed by atoms with van der Waals surface area (Å²) in [5, 5.41) is 13.0. The van der Waals surface area contributed by atoms with Gasteiger partial charge in [0.25, 0.3) is 0 Å². The number of benzene rings is 1. The molecule has 1 aromatic carbocycles. The number of hydrogen-bond donors (Lipinski definition) is 3. The fraction of sp³-hybridized carbons (Fsp3) is 0.353. The van der Waals surface area contributed by atoms with Gasteiger partial charge in [-0.1, -0.05) is 13.8 Å². The van der Waals surface area contributed by atoms with Crippen LogP contribution in [0.2, 0.25) is 0 Å². The van der Waals surface area contributed by atoms with E-state index in [1.807, 2.05) is 0 Å². The van der Waals surface area contributed by atoms with Crippen LogP contribution in [-0.2, 0) is 20.4 Å². The molecule has 0 aliphatic carbocycles. The van der Waals surface area contributed by atoms with Crippen LogP contribution in [0.25, 0.3) is 0 Å². The molecule has 1 aromatic heterocycles. The molecule has 2 rings (SSSR count). The molecule has 0 bridgehead atoms. The Morgan fingerprint density at radius 3 is 2.40 bits per heavy atom. The molecule has 1 heterocycles. The van der Waals surface area contributed by atoms with Crippen LogP contribution in [0.5, 0.6) is 0 Å². The van der Waals surface area contributed by atoms with Crippen LogP contribution in [0.4, 0.5) is 5.69 Å². The second-order valence-electron chi connectivity index (χ2n) is 6.24. The Hall–Kier alpha value is -2.16. The van der Waals surface area contributed by atoms with Crippen LogP contribution in [0, 0.1) is 5.92 Å². The molecule has 1 amide bonds. The fourth-order valence-corrected chi connectivity index (χ4v) is 3.13. The van der Waals surface area contributed by atoms with Crippen molar-refractivity contribution in [1.29, 1.82) is 0 Å². The minimum absolute atomic E-state index is 0.0327. The first-order valence-corrected chi connectivity index (χ1v) is 9.27. The summed E-state index contributed by atoms with van der Waals surface area (Å²) < 4.78 is 32.2. The molecule has 8 heteroatoms. The van der Waals surface area contributed by atoms with E-state index in [1.165, 1.54) is 37.5 Å². The van der Waals surface area contributed by atoms with Crippen molar-refractivity contribution < 1.29 is 22.7 Å². The molecule has 1 atom stereocenters. The highest BCUT2D eigenvalue weighted by Gasteiger charge is 2.28. The summed E-state index contributed by atoms with van der Waals surface area (Å²) in [6.45, 7) is 4.75. The van der Waals surface area contributed by atoms with Crippen LogP contribution >= 0.6 is 0 Å². The molecule has 0 aliphatic heterocycles. The number of carbonyl (C=O) groups excluding carboxylic acids is 1. The lowest BCUT2D eigenvalue weighted by atomic mass is 10.1. The maximum Gasteiger partial charge on any atom is 0.240 e. The summed E-state index contributed by atoms with van der Waals surface area (Å²) >= 11 is 0. The lowest BCUT2D eigenvalue weighted by Gasteiger charge is -2.21. The molecule has 0 saturated carbocycles. The monoisotopic (exact) mass is 366 g/mol. The zero-order valence-electron chi connectivity index (χ0n) is 14.3. The van der Waals surface area contributed by atoms with Gasteiger partial charge in [0.15, 0.2) is 0 Å². The summed E-state index contributed by atoms with van der Waals surface area (Å²) in [6, 6.07) is 8.99. The standard InChI is InChI=1S/C17H22N2O5S/c1-12(2)16(20)19-13-6-8-14(9-7-13)25(22,23)18-11-17(3,21)15-5-4-10-24-15/h4-10,12,18,21H,11H2,1-3H3,(H,19,20). The van der Waals surface area contributed by atoms with E-state index in [1.54, 1.807) is 26.0 Å². The van der Waals surface area contributed by atoms with Crippen molar-refractivity contribution >= 4 is 21.6 Å². The van der Waals surface area contributed by atoms with E-state index in [2.05, 4.69) is 10.0 Å². The van der Waals surface area contributed by atoms with Crippen LogP contribution in [-0.4, -0.2) is 26.0 Å². The number of aliphatic hydroxyl groups is 1.